The normalized spacial score (nSPS) is 13.9. The van der Waals surface area contributed by atoms with E-state index in [1.54, 1.807) is 13.8 Å². The molecule has 2 atom stereocenters. The minimum absolute atomic E-state index is 0.271. The Labute approximate surface area is 115 Å². The summed E-state index contributed by atoms with van der Waals surface area (Å²) in [6.07, 6.45) is 3.10. The Bertz CT molecular complexity index is 381. The van der Waals surface area contributed by atoms with Crippen molar-refractivity contribution in [3.8, 4) is 0 Å². The summed E-state index contributed by atoms with van der Waals surface area (Å²) in [7, 11) is 0. The van der Waals surface area contributed by atoms with E-state index in [1.807, 2.05) is 24.3 Å². The van der Waals surface area contributed by atoms with Crippen LogP contribution >= 0.6 is 0 Å². The lowest BCUT2D eigenvalue weighted by Crippen LogP contribution is -2.19. The lowest BCUT2D eigenvalue weighted by atomic mass is 10.1. The van der Waals surface area contributed by atoms with Crippen molar-refractivity contribution < 1.29 is 14.6 Å². The topological polar surface area (TPSA) is 46.5 Å². The number of carbonyl (C=O) groups is 1. The Morgan fingerprint density at radius 2 is 1.89 bits per heavy atom. The number of hydrogen-bond acceptors (Lipinski definition) is 3. The predicted molar refractivity (Wildman–Crippen MR) is 76.2 cm³/mol. The highest BCUT2D eigenvalue weighted by atomic mass is 16.5. The van der Waals surface area contributed by atoms with Gasteiger partial charge in [-0.15, -0.1) is 0 Å². The van der Waals surface area contributed by atoms with E-state index >= 15 is 0 Å². The molecule has 0 amide bonds. The molecule has 3 heteroatoms. The first-order valence-corrected chi connectivity index (χ1v) is 7.01. The zero-order valence-corrected chi connectivity index (χ0v) is 12.1. The van der Waals surface area contributed by atoms with Crippen LogP contribution in [0.4, 0.5) is 0 Å². The SMILES string of the molecule is CCCCc1ccc(C(=O)O[C@H](C)C[C@@H](C)O)cc1. The molecule has 0 saturated heterocycles. The van der Waals surface area contributed by atoms with Gasteiger partial charge < -0.3 is 9.84 Å². The van der Waals surface area contributed by atoms with Gasteiger partial charge >= 0.3 is 5.97 Å². The third-order valence-corrected chi connectivity index (χ3v) is 2.99. The van der Waals surface area contributed by atoms with Crippen molar-refractivity contribution in [2.24, 2.45) is 0 Å². The number of esters is 1. The Hall–Kier alpha value is -1.35. The zero-order chi connectivity index (χ0) is 14.3. The fourth-order valence-corrected chi connectivity index (χ4v) is 1.97. The number of aliphatic hydroxyl groups excluding tert-OH is 1. The van der Waals surface area contributed by atoms with E-state index in [2.05, 4.69) is 6.92 Å². The maximum absolute atomic E-state index is 11.9. The van der Waals surface area contributed by atoms with Crippen LogP contribution in [0.2, 0.25) is 0 Å². The highest BCUT2D eigenvalue weighted by Crippen LogP contribution is 2.11. The van der Waals surface area contributed by atoms with E-state index in [-0.39, 0.29) is 12.1 Å². The quantitative estimate of drug-likeness (QED) is 0.768. The van der Waals surface area contributed by atoms with Gasteiger partial charge in [-0.1, -0.05) is 25.5 Å². The monoisotopic (exact) mass is 264 g/mol. The molecule has 0 heterocycles. The second kappa shape index (κ2) is 7.95. The summed E-state index contributed by atoms with van der Waals surface area (Å²) >= 11 is 0. The maximum atomic E-state index is 11.9. The molecule has 1 N–H and O–H groups in total. The lowest BCUT2D eigenvalue weighted by molar-refractivity contribution is 0.0222. The molecule has 19 heavy (non-hydrogen) atoms. The predicted octanol–water partition coefficient (Wildman–Crippen LogP) is 3.35. The molecule has 0 aliphatic heterocycles. The minimum Gasteiger partial charge on any atom is -0.459 e. The van der Waals surface area contributed by atoms with E-state index < -0.39 is 6.10 Å². The molecule has 106 valence electrons. The van der Waals surface area contributed by atoms with Crippen LogP contribution in [0.3, 0.4) is 0 Å². The number of benzene rings is 1. The lowest BCUT2D eigenvalue weighted by Gasteiger charge is -2.14. The molecular weight excluding hydrogens is 240 g/mol. The van der Waals surface area contributed by atoms with Crippen LogP contribution in [0.15, 0.2) is 24.3 Å². The van der Waals surface area contributed by atoms with E-state index in [9.17, 15) is 9.90 Å². The summed E-state index contributed by atoms with van der Waals surface area (Å²) in [4.78, 5) is 11.9. The van der Waals surface area contributed by atoms with Gasteiger partial charge in [-0.25, -0.2) is 4.79 Å². The van der Waals surface area contributed by atoms with Crippen molar-refractivity contribution in [2.75, 3.05) is 0 Å². The Kier molecular flexibility index (Phi) is 6.57. The highest BCUT2D eigenvalue weighted by molar-refractivity contribution is 5.89. The third kappa shape index (κ3) is 5.88. The van der Waals surface area contributed by atoms with Gasteiger partial charge in [0, 0.05) is 6.42 Å². The fraction of sp³-hybridized carbons (Fsp3) is 0.562. The minimum atomic E-state index is -0.459. The molecule has 1 aromatic rings. The van der Waals surface area contributed by atoms with Crippen molar-refractivity contribution in [1.29, 1.82) is 0 Å². The van der Waals surface area contributed by atoms with Crippen molar-refractivity contribution in [3.63, 3.8) is 0 Å². The number of ether oxygens (including phenoxy) is 1. The number of unbranched alkanes of at least 4 members (excludes halogenated alkanes) is 1. The second-order valence-corrected chi connectivity index (χ2v) is 5.10. The average Bonchev–Trinajstić information content (AvgIpc) is 2.35. The molecule has 0 aromatic heterocycles. The number of hydrogen-bond donors (Lipinski definition) is 1. The van der Waals surface area contributed by atoms with Gasteiger partial charge in [0.15, 0.2) is 0 Å². The summed E-state index contributed by atoms with van der Waals surface area (Å²) < 4.78 is 5.27. The Morgan fingerprint density at radius 1 is 1.26 bits per heavy atom. The zero-order valence-electron chi connectivity index (χ0n) is 12.1. The molecule has 0 aliphatic carbocycles. The number of aryl methyl sites for hydroxylation is 1. The van der Waals surface area contributed by atoms with Crippen LogP contribution in [-0.2, 0) is 11.2 Å². The van der Waals surface area contributed by atoms with Gasteiger partial charge in [0.25, 0.3) is 0 Å². The summed E-state index contributed by atoms with van der Waals surface area (Å²) in [5.74, 6) is -0.324. The summed E-state index contributed by atoms with van der Waals surface area (Å²) in [6.45, 7) is 5.64. The number of rotatable bonds is 7. The number of aliphatic hydroxyl groups is 1. The second-order valence-electron chi connectivity index (χ2n) is 5.10. The van der Waals surface area contributed by atoms with E-state index in [0.29, 0.717) is 12.0 Å². The molecule has 0 fully saturated rings. The standard InChI is InChI=1S/C16H24O3/c1-4-5-6-14-7-9-15(10-8-14)16(18)19-13(3)11-12(2)17/h7-10,12-13,17H,4-6,11H2,1-3H3/t12-,13-/m1/s1. The van der Waals surface area contributed by atoms with Gasteiger partial charge in [0.05, 0.1) is 11.7 Å². The first-order chi connectivity index (χ1) is 9.02. The van der Waals surface area contributed by atoms with E-state index in [1.165, 1.54) is 12.0 Å². The van der Waals surface area contributed by atoms with Gasteiger partial charge in [-0.05, 0) is 44.4 Å². The van der Waals surface area contributed by atoms with Crippen LogP contribution in [0.25, 0.3) is 0 Å². The molecule has 0 saturated carbocycles. The van der Waals surface area contributed by atoms with Crippen LogP contribution in [-0.4, -0.2) is 23.3 Å². The Morgan fingerprint density at radius 3 is 2.42 bits per heavy atom. The first-order valence-electron chi connectivity index (χ1n) is 7.01. The molecule has 1 rings (SSSR count). The highest BCUT2D eigenvalue weighted by Gasteiger charge is 2.13. The van der Waals surface area contributed by atoms with Crippen molar-refractivity contribution in [1.82, 2.24) is 0 Å². The molecule has 3 nitrogen and oxygen atoms in total. The van der Waals surface area contributed by atoms with Crippen LogP contribution in [0, 0.1) is 0 Å². The van der Waals surface area contributed by atoms with E-state index in [4.69, 9.17) is 4.74 Å². The van der Waals surface area contributed by atoms with Crippen molar-refractivity contribution in [2.45, 2.75) is 58.7 Å². The largest absolute Gasteiger partial charge is 0.459 e. The van der Waals surface area contributed by atoms with E-state index in [0.717, 1.165) is 12.8 Å². The molecule has 0 aliphatic rings. The van der Waals surface area contributed by atoms with Crippen molar-refractivity contribution in [3.05, 3.63) is 35.4 Å². The summed E-state index contributed by atoms with van der Waals surface area (Å²) in [5.41, 5.74) is 1.81. The number of carbonyl (C=O) groups excluding carboxylic acids is 1. The van der Waals surface area contributed by atoms with Gasteiger partial charge in [-0.2, -0.15) is 0 Å². The van der Waals surface area contributed by atoms with Gasteiger partial charge in [0.1, 0.15) is 6.10 Å². The summed E-state index contributed by atoms with van der Waals surface area (Å²) in [5, 5.41) is 9.23. The molecular formula is C16H24O3. The smallest absolute Gasteiger partial charge is 0.338 e. The third-order valence-electron chi connectivity index (χ3n) is 2.99. The molecule has 0 radical (unpaired) electrons. The fourth-order valence-electron chi connectivity index (χ4n) is 1.97. The Balaban J connectivity index is 2.53. The first kappa shape index (κ1) is 15.7. The van der Waals surface area contributed by atoms with Gasteiger partial charge in [-0.3, -0.25) is 0 Å². The van der Waals surface area contributed by atoms with Crippen LogP contribution in [0.1, 0.15) is 56.0 Å². The van der Waals surface area contributed by atoms with Crippen LogP contribution < -0.4 is 0 Å². The molecule has 1 aromatic carbocycles. The van der Waals surface area contributed by atoms with Crippen molar-refractivity contribution >= 4 is 5.97 Å². The molecule has 0 unspecified atom stereocenters. The molecule has 0 spiro atoms. The van der Waals surface area contributed by atoms with Crippen LogP contribution in [0.5, 0.6) is 0 Å². The summed E-state index contributed by atoms with van der Waals surface area (Å²) in [6, 6.07) is 7.57. The maximum Gasteiger partial charge on any atom is 0.338 e. The molecule has 0 bridgehead atoms. The average molecular weight is 264 g/mol. The van der Waals surface area contributed by atoms with Gasteiger partial charge in [0.2, 0.25) is 0 Å².